The number of benzene rings is 1. The minimum atomic E-state index is 0.0344. The Morgan fingerprint density at radius 3 is 2.77 bits per heavy atom. The fourth-order valence-corrected chi connectivity index (χ4v) is 3.94. The normalized spacial score (nSPS) is 20.7. The first-order valence-electron chi connectivity index (χ1n) is 8.94. The van der Waals surface area contributed by atoms with Crippen LogP contribution in [0.1, 0.15) is 24.4 Å². The summed E-state index contributed by atoms with van der Waals surface area (Å²) < 4.78 is 3.87. The number of amides is 1. The van der Waals surface area contributed by atoms with Crippen LogP contribution >= 0.6 is 0 Å². The summed E-state index contributed by atoms with van der Waals surface area (Å²) in [5, 5.41) is 7.79. The molecule has 0 unspecified atom stereocenters. The number of hydrogen-bond acceptors (Lipinski definition) is 4. The lowest BCUT2D eigenvalue weighted by Gasteiger charge is -2.38. The number of carbonyl (C=O) groups is 1. The molecule has 0 spiro atoms. The first kappa shape index (κ1) is 16.6. The first-order chi connectivity index (χ1) is 12.5. The summed E-state index contributed by atoms with van der Waals surface area (Å²) in [7, 11) is 5.81. The van der Waals surface area contributed by atoms with Gasteiger partial charge in [-0.15, -0.1) is 0 Å². The molecule has 1 aliphatic rings. The van der Waals surface area contributed by atoms with Gasteiger partial charge in [0.1, 0.15) is 0 Å². The van der Waals surface area contributed by atoms with E-state index in [1.54, 1.807) is 4.68 Å². The summed E-state index contributed by atoms with van der Waals surface area (Å²) >= 11 is 0. The van der Waals surface area contributed by atoms with Crippen molar-refractivity contribution in [2.75, 3.05) is 18.9 Å². The number of para-hydroxylation sites is 2. The van der Waals surface area contributed by atoms with Gasteiger partial charge in [0.25, 0.3) is 0 Å². The molecule has 136 valence electrons. The predicted octanol–water partition coefficient (Wildman–Crippen LogP) is 2.33. The van der Waals surface area contributed by atoms with E-state index >= 15 is 0 Å². The van der Waals surface area contributed by atoms with E-state index in [1.165, 1.54) is 0 Å². The standard InChI is InChI=1S/C19H24N6O/c1-23-12-14(11-21-23)18-13(8-9-17(26)25(18)3)10-20-19-22-15-6-4-5-7-16(15)24(19)2/h4-7,11-13,18H,8-10H2,1-3H3,(H,20,22)/t13-,18+/m1/s1. The van der Waals surface area contributed by atoms with Crippen LogP contribution in [-0.2, 0) is 18.9 Å². The molecule has 1 amide bonds. The Balaban J connectivity index is 1.57. The summed E-state index contributed by atoms with van der Waals surface area (Å²) in [6.45, 7) is 0.758. The molecule has 3 heterocycles. The second-order valence-electron chi connectivity index (χ2n) is 7.06. The highest BCUT2D eigenvalue weighted by Crippen LogP contribution is 2.35. The number of hydrogen-bond donors (Lipinski definition) is 1. The highest BCUT2D eigenvalue weighted by atomic mass is 16.2. The number of anilines is 1. The second kappa shape index (κ2) is 6.48. The molecule has 1 saturated heterocycles. The van der Waals surface area contributed by atoms with E-state index in [9.17, 15) is 4.79 Å². The molecule has 0 radical (unpaired) electrons. The van der Waals surface area contributed by atoms with E-state index in [-0.39, 0.29) is 11.9 Å². The maximum Gasteiger partial charge on any atom is 0.222 e. The van der Waals surface area contributed by atoms with Gasteiger partial charge in [0.2, 0.25) is 11.9 Å². The lowest BCUT2D eigenvalue weighted by atomic mass is 9.86. The number of fused-ring (bicyclic) bond motifs is 1. The molecular formula is C19H24N6O. The Morgan fingerprint density at radius 1 is 1.23 bits per heavy atom. The van der Waals surface area contributed by atoms with Crippen molar-refractivity contribution >= 4 is 22.9 Å². The third-order valence-electron chi connectivity index (χ3n) is 5.36. The van der Waals surface area contributed by atoms with Crippen molar-refractivity contribution in [1.82, 2.24) is 24.2 Å². The minimum absolute atomic E-state index is 0.0344. The molecule has 0 bridgehead atoms. The molecule has 7 heteroatoms. The summed E-state index contributed by atoms with van der Waals surface area (Å²) in [5.41, 5.74) is 3.17. The molecule has 0 aliphatic carbocycles. The van der Waals surface area contributed by atoms with Crippen molar-refractivity contribution < 1.29 is 4.79 Å². The lowest BCUT2D eigenvalue weighted by molar-refractivity contribution is -0.136. The molecule has 1 fully saturated rings. The van der Waals surface area contributed by atoms with Gasteiger partial charge in [-0.25, -0.2) is 4.98 Å². The third kappa shape index (κ3) is 2.83. The topological polar surface area (TPSA) is 68.0 Å². The van der Waals surface area contributed by atoms with Gasteiger partial charge in [-0.1, -0.05) is 12.1 Å². The van der Waals surface area contributed by atoms with Crippen LogP contribution in [-0.4, -0.2) is 43.7 Å². The fraction of sp³-hybridized carbons (Fsp3) is 0.421. The van der Waals surface area contributed by atoms with Crippen molar-refractivity contribution in [3.05, 3.63) is 42.2 Å². The zero-order valence-corrected chi connectivity index (χ0v) is 15.4. The van der Waals surface area contributed by atoms with Crippen LogP contribution in [0, 0.1) is 5.92 Å². The summed E-state index contributed by atoms with van der Waals surface area (Å²) in [4.78, 5) is 18.8. The van der Waals surface area contributed by atoms with E-state index in [2.05, 4.69) is 26.0 Å². The molecular weight excluding hydrogens is 328 g/mol. The zero-order valence-electron chi connectivity index (χ0n) is 15.4. The van der Waals surface area contributed by atoms with Crippen LogP contribution in [0.5, 0.6) is 0 Å². The lowest BCUT2D eigenvalue weighted by Crippen LogP contribution is -2.42. The van der Waals surface area contributed by atoms with Gasteiger partial charge in [-0.05, 0) is 18.6 Å². The van der Waals surface area contributed by atoms with Crippen molar-refractivity contribution in [3.63, 3.8) is 0 Å². The first-order valence-corrected chi connectivity index (χ1v) is 8.94. The van der Waals surface area contributed by atoms with Crippen molar-refractivity contribution in [3.8, 4) is 0 Å². The molecule has 1 aliphatic heterocycles. The maximum absolute atomic E-state index is 12.2. The molecule has 1 aromatic carbocycles. The average molecular weight is 352 g/mol. The number of imidazole rings is 1. The van der Waals surface area contributed by atoms with Gasteiger partial charge in [0.15, 0.2) is 0 Å². The van der Waals surface area contributed by atoms with E-state index < -0.39 is 0 Å². The van der Waals surface area contributed by atoms with Crippen LogP contribution in [0.15, 0.2) is 36.7 Å². The molecule has 4 rings (SSSR count). The van der Waals surface area contributed by atoms with Gasteiger partial charge in [0.05, 0.1) is 23.3 Å². The molecule has 2 atom stereocenters. The zero-order chi connectivity index (χ0) is 18.3. The summed E-state index contributed by atoms with van der Waals surface area (Å²) in [6.07, 6.45) is 5.31. The van der Waals surface area contributed by atoms with Crippen LogP contribution < -0.4 is 5.32 Å². The van der Waals surface area contributed by atoms with Gasteiger partial charge in [-0.2, -0.15) is 5.10 Å². The van der Waals surface area contributed by atoms with E-state index in [0.29, 0.717) is 12.3 Å². The predicted molar refractivity (Wildman–Crippen MR) is 101 cm³/mol. The van der Waals surface area contributed by atoms with Gasteiger partial charge >= 0.3 is 0 Å². The van der Waals surface area contributed by atoms with Crippen LogP contribution in [0.3, 0.4) is 0 Å². The highest BCUT2D eigenvalue weighted by molar-refractivity contribution is 5.78. The van der Waals surface area contributed by atoms with Gasteiger partial charge in [0, 0.05) is 51.8 Å². The number of piperidine rings is 1. The third-order valence-corrected chi connectivity index (χ3v) is 5.36. The van der Waals surface area contributed by atoms with Crippen molar-refractivity contribution in [2.24, 2.45) is 20.0 Å². The van der Waals surface area contributed by atoms with E-state index in [1.807, 2.05) is 56.6 Å². The molecule has 2 aromatic heterocycles. The minimum Gasteiger partial charge on any atom is -0.355 e. The Labute approximate surface area is 152 Å². The van der Waals surface area contributed by atoms with Gasteiger partial charge < -0.3 is 14.8 Å². The Hall–Kier alpha value is -2.83. The monoisotopic (exact) mass is 352 g/mol. The number of nitrogens with one attached hydrogen (secondary N) is 1. The quantitative estimate of drug-likeness (QED) is 0.782. The maximum atomic E-state index is 12.2. The number of aromatic nitrogens is 4. The number of likely N-dealkylation sites (tertiary alicyclic amines) is 1. The van der Waals surface area contributed by atoms with Crippen molar-refractivity contribution in [2.45, 2.75) is 18.9 Å². The van der Waals surface area contributed by atoms with E-state index in [4.69, 9.17) is 0 Å². The van der Waals surface area contributed by atoms with Gasteiger partial charge in [-0.3, -0.25) is 9.48 Å². The number of nitrogens with zero attached hydrogens (tertiary/aromatic N) is 5. The largest absolute Gasteiger partial charge is 0.355 e. The van der Waals surface area contributed by atoms with Crippen molar-refractivity contribution in [1.29, 1.82) is 0 Å². The van der Waals surface area contributed by atoms with Crippen LogP contribution in [0.4, 0.5) is 5.95 Å². The molecule has 7 nitrogen and oxygen atoms in total. The highest BCUT2D eigenvalue weighted by Gasteiger charge is 2.35. The van der Waals surface area contributed by atoms with Crippen LogP contribution in [0.2, 0.25) is 0 Å². The summed E-state index contributed by atoms with van der Waals surface area (Å²) in [6, 6.07) is 8.14. The number of carbonyl (C=O) groups excluding carboxylic acids is 1. The molecule has 0 saturated carbocycles. The fourth-order valence-electron chi connectivity index (χ4n) is 3.94. The molecule has 3 aromatic rings. The smallest absolute Gasteiger partial charge is 0.222 e. The Bertz CT molecular complexity index is 943. The van der Waals surface area contributed by atoms with Crippen LogP contribution in [0.25, 0.3) is 11.0 Å². The number of aryl methyl sites for hydroxylation is 2. The Kier molecular flexibility index (Phi) is 4.14. The van der Waals surface area contributed by atoms with E-state index in [0.717, 1.165) is 35.5 Å². The number of rotatable bonds is 4. The Morgan fingerprint density at radius 2 is 2.04 bits per heavy atom. The molecule has 26 heavy (non-hydrogen) atoms. The average Bonchev–Trinajstić information content (AvgIpc) is 3.20. The molecule has 1 N–H and O–H groups in total. The SMILES string of the molecule is CN1C(=O)CC[C@H](CNc2nc3ccccc3n2C)[C@H]1c1cnn(C)c1. The summed E-state index contributed by atoms with van der Waals surface area (Å²) in [5.74, 6) is 1.36. The second-order valence-corrected chi connectivity index (χ2v) is 7.06.